The van der Waals surface area contributed by atoms with Crippen molar-refractivity contribution in [1.82, 2.24) is 15.0 Å². The van der Waals surface area contributed by atoms with Crippen molar-refractivity contribution in [3.63, 3.8) is 0 Å². The van der Waals surface area contributed by atoms with Crippen LogP contribution in [0.15, 0.2) is 30.5 Å². The van der Waals surface area contributed by atoms with Gasteiger partial charge in [0.05, 0.1) is 11.9 Å². The van der Waals surface area contributed by atoms with Gasteiger partial charge in [-0.1, -0.05) is 63.1 Å². The van der Waals surface area contributed by atoms with Crippen LogP contribution in [0, 0.1) is 23.7 Å². The van der Waals surface area contributed by atoms with Crippen LogP contribution in [0.2, 0.25) is 0 Å². The Morgan fingerprint density at radius 1 is 1.03 bits per heavy atom. The monoisotopic (exact) mass is 481 g/mol. The molecule has 190 valence electrons. The quantitative estimate of drug-likeness (QED) is 0.369. The van der Waals surface area contributed by atoms with Crippen LogP contribution in [-0.2, 0) is 25.7 Å². The average Bonchev–Trinajstić information content (AvgIpc) is 3.23. The van der Waals surface area contributed by atoms with Crippen molar-refractivity contribution in [1.29, 1.82) is 0 Å². The first-order valence-electron chi connectivity index (χ1n) is 13.6. The van der Waals surface area contributed by atoms with E-state index < -0.39 is 17.7 Å². The zero-order chi connectivity index (χ0) is 24.2. The van der Waals surface area contributed by atoms with Crippen molar-refractivity contribution in [2.24, 2.45) is 23.7 Å². The molecule has 5 fully saturated rings. The predicted octanol–water partition coefficient (Wildman–Crippen LogP) is 6.06. The smallest absolute Gasteiger partial charge is 0.201 e. The van der Waals surface area contributed by atoms with E-state index in [1.807, 2.05) is 17.8 Å². The van der Waals surface area contributed by atoms with Gasteiger partial charge < -0.3 is 9.47 Å². The van der Waals surface area contributed by atoms with Crippen LogP contribution in [-0.4, -0.2) is 32.7 Å². The van der Waals surface area contributed by atoms with Gasteiger partial charge in [-0.05, 0) is 56.4 Å². The second kappa shape index (κ2) is 8.94. The summed E-state index contributed by atoms with van der Waals surface area (Å²) in [5.41, 5.74) is 2.89. The second-order valence-corrected chi connectivity index (χ2v) is 11.5. The summed E-state index contributed by atoms with van der Waals surface area (Å²) in [6, 6.07) is 8.84. The maximum atomic E-state index is 6.79. The molecule has 35 heavy (non-hydrogen) atoms. The zero-order valence-electron chi connectivity index (χ0n) is 21.5. The number of hydrogen-bond donors (Lipinski definition) is 0. The Hall–Kier alpha value is -1.80. The van der Waals surface area contributed by atoms with E-state index >= 15 is 0 Å². The van der Waals surface area contributed by atoms with Crippen molar-refractivity contribution in [2.45, 2.75) is 103 Å². The summed E-state index contributed by atoms with van der Waals surface area (Å²) in [6.07, 6.45) is 10.0. The lowest BCUT2D eigenvalue weighted by Gasteiger charge is -2.60. The Morgan fingerprint density at radius 3 is 2.66 bits per heavy atom. The summed E-state index contributed by atoms with van der Waals surface area (Å²) >= 11 is 0. The standard InChI is InChI=1S/C28H39N3O4/c1-5-6-7-8-20-10-12-21(13-11-20)24-17-29-30-31(24)25-19(3)23-14-9-18(2)22-15-16-27(4)33-26(32-25)28(22,23)35-34-27/h10-13,17-19,22-23,25-26H,5-9,14-16H2,1-4H3/t18-,19-,22+,23+,25-,26-,27-,28-/m1/s1. The average molecular weight is 482 g/mol. The molecule has 5 heterocycles. The highest BCUT2D eigenvalue weighted by atomic mass is 17.3. The third-order valence-electron chi connectivity index (χ3n) is 9.26. The number of aryl methyl sites for hydroxylation is 1. The van der Waals surface area contributed by atoms with Crippen molar-refractivity contribution in [2.75, 3.05) is 0 Å². The summed E-state index contributed by atoms with van der Waals surface area (Å²) in [4.78, 5) is 12.3. The molecule has 4 saturated heterocycles. The van der Waals surface area contributed by atoms with Crippen LogP contribution in [0.1, 0.15) is 84.4 Å². The van der Waals surface area contributed by atoms with Gasteiger partial charge in [-0.25, -0.2) is 14.5 Å². The van der Waals surface area contributed by atoms with Gasteiger partial charge in [0.15, 0.2) is 18.1 Å². The molecule has 7 rings (SSSR count). The van der Waals surface area contributed by atoms with Gasteiger partial charge >= 0.3 is 0 Å². The van der Waals surface area contributed by atoms with Gasteiger partial charge in [-0.2, -0.15) is 0 Å². The maximum Gasteiger partial charge on any atom is 0.201 e. The predicted molar refractivity (Wildman–Crippen MR) is 131 cm³/mol. The zero-order valence-corrected chi connectivity index (χ0v) is 21.5. The highest BCUT2D eigenvalue weighted by Gasteiger charge is 2.69. The maximum absolute atomic E-state index is 6.79. The number of nitrogens with zero attached hydrogens (tertiary/aromatic N) is 3. The summed E-state index contributed by atoms with van der Waals surface area (Å²) < 4.78 is 15.3. The number of fused-ring (bicyclic) bond motifs is 2. The van der Waals surface area contributed by atoms with Gasteiger partial charge in [-0.3, -0.25) is 0 Å². The highest BCUT2D eigenvalue weighted by Crippen LogP contribution is 2.62. The van der Waals surface area contributed by atoms with Crippen LogP contribution in [0.25, 0.3) is 11.3 Å². The Labute approximate surface area is 208 Å². The van der Waals surface area contributed by atoms with Gasteiger partial charge in [-0.15, -0.1) is 5.10 Å². The van der Waals surface area contributed by atoms with Crippen molar-refractivity contribution in [3.05, 3.63) is 36.0 Å². The van der Waals surface area contributed by atoms with Crippen molar-refractivity contribution in [3.8, 4) is 11.3 Å². The molecule has 0 N–H and O–H groups in total. The number of rotatable bonds is 6. The summed E-state index contributed by atoms with van der Waals surface area (Å²) in [5.74, 6) is 0.556. The van der Waals surface area contributed by atoms with E-state index in [1.165, 1.54) is 31.2 Å². The Morgan fingerprint density at radius 2 is 1.86 bits per heavy atom. The van der Waals surface area contributed by atoms with E-state index in [2.05, 4.69) is 55.3 Å². The van der Waals surface area contributed by atoms with Crippen molar-refractivity contribution < 1.29 is 19.2 Å². The first-order valence-corrected chi connectivity index (χ1v) is 13.6. The lowest BCUT2D eigenvalue weighted by Crippen LogP contribution is -2.69. The summed E-state index contributed by atoms with van der Waals surface area (Å²) in [5, 5.41) is 8.82. The number of benzene rings is 1. The van der Waals surface area contributed by atoms with E-state index in [9.17, 15) is 0 Å². The largest absolute Gasteiger partial charge is 0.324 e. The topological polar surface area (TPSA) is 67.6 Å². The van der Waals surface area contributed by atoms with Crippen LogP contribution < -0.4 is 0 Å². The fraction of sp³-hybridized carbons (Fsp3) is 0.714. The molecule has 1 aromatic heterocycles. The van der Waals surface area contributed by atoms with Crippen LogP contribution in [0.5, 0.6) is 0 Å². The fourth-order valence-electron chi connectivity index (χ4n) is 7.23. The summed E-state index contributed by atoms with van der Waals surface area (Å²) in [6.45, 7) is 8.81. The minimum atomic E-state index is -0.776. The minimum absolute atomic E-state index is 0.171. The molecule has 1 saturated carbocycles. The lowest BCUT2D eigenvalue weighted by atomic mass is 9.58. The molecular formula is C28H39N3O4. The van der Waals surface area contributed by atoms with E-state index in [0.29, 0.717) is 11.8 Å². The molecule has 7 nitrogen and oxygen atoms in total. The van der Waals surface area contributed by atoms with Crippen LogP contribution in [0.3, 0.4) is 0 Å². The molecule has 1 aliphatic carbocycles. The molecule has 0 radical (unpaired) electrons. The fourth-order valence-corrected chi connectivity index (χ4v) is 7.23. The molecule has 1 aromatic carbocycles. The van der Waals surface area contributed by atoms with Crippen molar-refractivity contribution >= 4 is 0 Å². The number of unbranched alkanes of at least 4 members (excludes halogenated alkanes) is 2. The van der Waals surface area contributed by atoms with E-state index in [-0.39, 0.29) is 18.1 Å². The number of ether oxygens (including phenoxy) is 2. The molecule has 1 spiro atoms. The molecule has 7 heteroatoms. The Kier molecular flexibility index (Phi) is 6.03. The van der Waals surface area contributed by atoms with Gasteiger partial charge in [0.1, 0.15) is 0 Å². The summed E-state index contributed by atoms with van der Waals surface area (Å²) in [7, 11) is 0. The van der Waals surface area contributed by atoms with Gasteiger partial charge in [0.25, 0.3) is 0 Å². The third-order valence-corrected chi connectivity index (χ3v) is 9.26. The number of hydrogen-bond acceptors (Lipinski definition) is 6. The normalized spacial score (nSPS) is 40.3. The van der Waals surface area contributed by atoms with E-state index in [4.69, 9.17) is 19.2 Å². The SMILES string of the molecule is CCCCCc1ccc(-c2cnnn2[C@@H]2O[C@@H]3O[C@@]4(C)CC[C@H]5[C@H](C)CC[C@@H]([C@H]2C)[C@@]35OO4)cc1. The van der Waals surface area contributed by atoms with E-state index in [1.54, 1.807) is 0 Å². The molecular weight excluding hydrogens is 442 g/mol. The molecule has 2 aromatic rings. The molecule has 2 bridgehead atoms. The van der Waals surface area contributed by atoms with Gasteiger partial charge in [0, 0.05) is 23.8 Å². The molecule has 4 aliphatic heterocycles. The minimum Gasteiger partial charge on any atom is -0.324 e. The third kappa shape index (κ3) is 3.78. The molecule has 0 amide bonds. The van der Waals surface area contributed by atoms with Crippen LogP contribution in [0.4, 0.5) is 0 Å². The van der Waals surface area contributed by atoms with Gasteiger partial charge in [0.2, 0.25) is 5.79 Å². The Balaban J connectivity index is 1.31. The highest BCUT2D eigenvalue weighted by molar-refractivity contribution is 5.58. The molecule has 5 aliphatic rings. The van der Waals surface area contributed by atoms with E-state index in [0.717, 1.165) is 36.9 Å². The first-order chi connectivity index (χ1) is 16.9. The second-order valence-electron chi connectivity index (χ2n) is 11.5. The first kappa shape index (κ1) is 23.6. The Bertz CT molecular complexity index is 1040. The van der Waals surface area contributed by atoms with Crippen LogP contribution >= 0.6 is 0 Å². The lowest BCUT2D eigenvalue weighted by molar-refractivity contribution is -0.574. The molecule has 0 unspecified atom stereocenters. The number of aromatic nitrogens is 3. The molecule has 8 atom stereocenters.